The zero-order chi connectivity index (χ0) is 23.2. The van der Waals surface area contributed by atoms with E-state index in [1.165, 1.54) is 18.5 Å². The molecule has 0 saturated heterocycles. The Hall–Kier alpha value is -4.20. The molecule has 1 aliphatic rings. The first-order valence-corrected chi connectivity index (χ1v) is 10.6. The minimum absolute atomic E-state index is 0.00952. The second-order valence-electron chi connectivity index (χ2n) is 7.67. The molecule has 0 radical (unpaired) electrons. The van der Waals surface area contributed by atoms with Crippen LogP contribution in [0.15, 0.2) is 67.0 Å². The van der Waals surface area contributed by atoms with Gasteiger partial charge in [0.05, 0.1) is 17.4 Å². The van der Waals surface area contributed by atoms with Gasteiger partial charge in [0.15, 0.2) is 0 Å². The van der Waals surface area contributed by atoms with Gasteiger partial charge in [-0.15, -0.1) is 0 Å². The van der Waals surface area contributed by atoms with E-state index in [0.717, 1.165) is 22.3 Å². The van der Waals surface area contributed by atoms with Gasteiger partial charge in [-0.25, -0.2) is 9.59 Å². The molecule has 0 atom stereocenters. The van der Waals surface area contributed by atoms with Crippen molar-refractivity contribution in [1.82, 2.24) is 10.3 Å². The zero-order valence-corrected chi connectivity index (χ0v) is 17.8. The summed E-state index contributed by atoms with van der Waals surface area (Å²) in [5.41, 5.74) is 4.91. The van der Waals surface area contributed by atoms with Crippen LogP contribution in [0.3, 0.4) is 0 Å². The number of benzene rings is 2. The largest absolute Gasteiger partial charge is 0.478 e. The van der Waals surface area contributed by atoms with Gasteiger partial charge in [0.2, 0.25) is 5.91 Å². The molecule has 8 nitrogen and oxygen atoms in total. The number of nitrogens with zero attached hydrogens (tertiary/aromatic N) is 1. The highest BCUT2D eigenvalue weighted by Gasteiger charge is 2.28. The Morgan fingerprint density at radius 3 is 2.30 bits per heavy atom. The minimum Gasteiger partial charge on any atom is -0.478 e. The highest BCUT2D eigenvalue weighted by Crippen LogP contribution is 2.44. The first kappa shape index (κ1) is 22.0. The molecule has 0 unspecified atom stereocenters. The fraction of sp³-hybridized carbons (Fsp3) is 0.200. The van der Waals surface area contributed by atoms with Crippen molar-refractivity contribution < 1.29 is 24.2 Å². The summed E-state index contributed by atoms with van der Waals surface area (Å²) < 4.78 is 5.46. The van der Waals surface area contributed by atoms with Crippen LogP contribution in [0, 0.1) is 0 Å². The normalized spacial score (nSPS) is 11.9. The maximum Gasteiger partial charge on any atom is 0.407 e. The van der Waals surface area contributed by atoms with Crippen molar-refractivity contribution in [2.45, 2.75) is 18.8 Å². The molecule has 1 heterocycles. The summed E-state index contributed by atoms with van der Waals surface area (Å²) in [7, 11) is 0. The SMILES string of the molecule is O=C(CCCNC(=O)OCC1c2ccccc2-c2ccccc21)Nc1cncc(C(=O)O)c1. The number of amides is 2. The van der Waals surface area contributed by atoms with E-state index in [4.69, 9.17) is 9.84 Å². The monoisotopic (exact) mass is 445 g/mol. The lowest BCUT2D eigenvalue weighted by Gasteiger charge is -2.14. The van der Waals surface area contributed by atoms with Crippen molar-refractivity contribution in [2.75, 3.05) is 18.5 Å². The van der Waals surface area contributed by atoms with Gasteiger partial charge in [0, 0.05) is 25.1 Å². The third-order valence-corrected chi connectivity index (χ3v) is 5.46. The number of ether oxygens (including phenoxy) is 1. The number of carbonyl (C=O) groups is 3. The van der Waals surface area contributed by atoms with Gasteiger partial charge in [-0.3, -0.25) is 9.78 Å². The lowest BCUT2D eigenvalue weighted by Crippen LogP contribution is -2.27. The van der Waals surface area contributed by atoms with E-state index in [9.17, 15) is 14.4 Å². The quantitative estimate of drug-likeness (QED) is 0.451. The molecule has 0 saturated carbocycles. The van der Waals surface area contributed by atoms with E-state index >= 15 is 0 Å². The summed E-state index contributed by atoms with van der Waals surface area (Å²) in [6.07, 6.45) is 2.61. The first-order chi connectivity index (χ1) is 16.0. The van der Waals surface area contributed by atoms with E-state index in [1.54, 1.807) is 0 Å². The Labute approximate surface area is 190 Å². The molecule has 8 heteroatoms. The average Bonchev–Trinajstić information content (AvgIpc) is 3.14. The summed E-state index contributed by atoms with van der Waals surface area (Å²) >= 11 is 0. The van der Waals surface area contributed by atoms with E-state index in [0.29, 0.717) is 12.1 Å². The van der Waals surface area contributed by atoms with Gasteiger partial charge in [0.1, 0.15) is 6.61 Å². The summed E-state index contributed by atoms with van der Waals surface area (Å²) in [4.78, 5) is 39.0. The second-order valence-corrected chi connectivity index (χ2v) is 7.67. The Morgan fingerprint density at radius 1 is 0.970 bits per heavy atom. The number of carboxylic acids is 1. The number of alkyl carbamates (subject to hydrolysis) is 1. The Bertz CT molecular complexity index is 1150. The highest BCUT2D eigenvalue weighted by molar-refractivity contribution is 5.93. The van der Waals surface area contributed by atoms with Crippen LogP contribution in [-0.2, 0) is 9.53 Å². The molecule has 1 aliphatic carbocycles. The molecule has 4 rings (SSSR count). The highest BCUT2D eigenvalue weighted by atomic mass is 16.5. The number of aromatic nitrogens is 1. The number of hydrogen-bond donors (Lipinski definition) is 3. The van der Waals surface area contributed by atoms with Crippen molar-refractivity contribution in [1.29, 1.82) is 0 Å². The van der Waals surface area contributed by atoms with Crippen molar-refractivity contribution in [3.05, 3.63) is 83.7 Å². The number of hydrogen-bond acceptors (Lipinski definition) is 5. The fourth-order valence-electron chi connectivity index (χ4n) is 3.94. The van der Waals surface area contributed by atoms with Gasteiger partial charge in [-0.1, -0.05) is 48.5 Å². The molecule has 3 aromatic rings. The zero-order valence-electron chi connectivity index (χ0n) is 17.8. The summed E-state index contributed by atoms with van der Waals surface area (Å²) in [6.45, 7) is 0.505. The maximum atomic E-state index is 12.2. The molecule has 0 fully saturated rings. The van der Waals surface area contributed by atoms with E-state index in [-0.39, 0.29) is 37.0 Å². The number of pyridine rings is 1. The van der Waals surface area contributed by atoms with Crippen LogP contribution in [-0.4, -0.2) is 41.2 Å². The Morgan fingerprint density at radius 2 is 1.64 bits per heavy atom. The molecule has 3 N–H and O–H groups in total. The van der Waals surface area contributed by atoms with E-state index < -0.39 is 12.1 Å². The Kier molecular flexibility index (Phi) is 6.64. The lowest BCUT2D eigenvalue weighted by atomic mass is 9.98. The van der Waals surface area contributed by atoms with Gasteiger partial charge in [0.25, 0.3) is 0 Å². The van der Waals surface area contributed by atoms with Crippen LogP contribution < -0.4 is 10.6 Å². The number of fused-ring (bicyclic) bond motifs is 3. The number of aromatic carboxylic acids is 1. The molecule has 0 spiro atoms. The van der Waals surface area contributed by atoms with Gasteiger partial charge in [-0.2, -0.15) is 0 Å². The average molecular weight is 445 g/mol. The van der Waals surface area contributed by atoms with Crippen molar-refractivity contribution >= 4 is 23.7 Å². The molecule has 2 amide bonds. The third-order valence-electron chi connectivity index (χ3n) is 5.46. The molecule has 1 aromatic heterocycles. The lowest BCUT2D eigenvalue weighted by molar-refractivity contribution is -0.116. The van der Waals surface area contributed by atoms with Crippen LogP contribution in [0.5, 0.6) is 0 Å². The maximum absolute atomic E-state index is 12.2. The van der Waals surface area contributed by atoms with Gasteiger partial charge >= 0.3 is 12.1 Å². The Balaban J connectivity index is 1.21. The van der Waals surface area contributed by atoms with Crippen molar-refractivity contribution in [2.24, 2.45) is 0 Å². The topological polar surface area (TPSA) is 118 Å². The smallest absolute Gasteiger partial charge is 0.407 e. The fourth-order valence-corrected chi connectivity index (χ4v) is 3.94. The number of carbonyl (C=O) groups excluding carboxylic acids is 2. The molecule has 2 aromatic carbocycles. The summed E-state index contributed by atoms with van der Waals surface area (Å²) in [5, 5.41) is 14.2. The molecule has 0 aliphatic heterocycles. The van der Waals surface area contributed by atoms with Crippen molar-refractivity contribution in [3.8, 4) is 11.1 Å². The number of anilines is 1. The van der Waals surface area contributed by atoms with Crippen LogP contribution in [0.4, 0.5) is 10.5 Å². The minimum atomic E-state index is -1.12. The third kappa shape index (κ3) is 5.17. The van der Waals surface area contributed by atoms with Gasteiger partial charge < -0.3 is 20.5 Å². The van der Waals surface area contributed by atoms with E-state index in [2.05, 4.69) is 39.9 Å². The van der Waals surface area contributed by atoms with Crippen molar-refractivity contribution in [3.63, 3.8) is 0 Å². The molecular weight excluding hydrogens is 422 g/mol. The predicted molar refractivity (Wildman–Crippen MR) is 122 cm³/mol. The van der Waals surface area contributed by atoms with Gasteiger partial charge in [-0.05, 0) is 34.7 Å². The number of carboxylic acid groups (broad SMARTS) is 1. The molecule has 168 valence electrons. The van der Waals surface area contributed by atoms with E-state index in [1.807, 2.05) is 24.3 Å². The van der Waals surface area contributed by atoms with Crippen LogP contribution in [0.1, 0.15) is 40.2 Å². The van der Waals surface area contributed by atoms with Crippen LogP contribution in [0.2, 0.25) is 0 Å². The molecule has 0 bridgehead atoms. The number of nitrogens with one attached hydrogen (secondary N) is 2. The van der Waals surface area contributed by atoms with Crippen LogP contribution in [0.25, 0.3) is 11.1 Å². The first-order valence-electron chi connectivity index (χ1n) is 10.6. The van der Waals surface area contributed by atoms with Crippen LogP contribution >= 0.6 is 0 Å². The standard InChI is InChI=1S/C25H23N3O5/c29-23(28-17-12-16(24(30)31)13-26-14-17)10-5-11-27-25(32)33-15-22-20-8-3-1-6-18(20)19-7-2-4-9-21(19)22/h1-4,6-9,12-14,22H,5,10-11,15H2,(H,27,32)(H,28,29)(H,30,31). The molecular formula is C25H23N3O5. The molecule has 33 heavy (non-hydrogen) atoms. The predicted octanol–water partition coefficient (Wildman–Crippen LogP) is 4.04. The number of rotatable bonds is 8. The summed E-state index contributed by atoms with van der Waals surface area (Å²) in [5.74, 6) is -1.43. The summed E-state index contributed by atoms with van der Waals surface area (Å²) in [6, 6.07) is 17.6. The second kappa shape index (κ2) is 9.95.